The van der Waals surface area contributed by atoms with E-state index in [1.165, 1.54) is 38.5 Å². The largest absolute Gasteiger partial charge is 0.461 e. The van der Waals surface area contributed by atoms with E-state index in [2.05, 4.69) is 30.9 Å². The van der Waals surface area contributed by atoms with Crippen molar-refractivity contribution in [3.05, 3.63) is 12.7 Å². The molecule has 5 nitrogen and oxygen atoms in total. The fraction of sp³-hybridized carbons (Fsp3) is 0.842. The average molecular weight is 608 g/mol. The summed E-state index contributed by atoms with van der Waals surface area (Å²) in [5.74, 6) is -23.4. The van der Waals surface area contributed by atoms with E-state index >= 15 is 0 Å². The number of ether oxygens (including phenoxy) is 1. The quantitative estimate of drug-likeness (QED) is 0.0779. The van der Waals surface area contributed by atoms with Gasteiger partial charge >= 0.3 is 35.2 Å². The number of unbranched alkanes of at least 4 members (excludes halogenated alkanes) is 5. The molecule has 0 heterocycles. The zero-order chi connectivity index (χ0) is 29.9. The molecular weight excluding hydrogens is 579 g/mol. The lowest BCUT2D eigenvalue weighted by Gasteiger charge is -2.37. The number of carbonyl (C=O) groups is 1. The Balaban J connectivity index is 0. The highest BCUT2D eigenvalue weighted by molar-refractivity contribution is 7.90. The third-order valence-electron chi connectivity index (χ3n) is 4.57. The third kappa shape index (κ3) is 9.14. The second-order valence-electron chi connectivity index (χ2n) is 7.43. The van der Waals surface area contributed by atoms with Gasteiger partial charge in [-0.3, -0.25) is 0 Å². The monoisotopic (exact) mass is 607 g/mol. The van der Waals surface area contributed by atoms with Gasteiger partial charge in [0.25, 0.3) is 10.0 Å². The summed E-state index contributed by atoms with van der Waals surface area (Å²) < 4.78 is 168. The Morgan fingerprint density at radius 3 is 1.73 bits per heavy atom. The molecule has 0 atom stereocenters. The second kappa shape index (κ2) is 14.7. The van der Waals surface area contributed by atoms with Crippen LogP contribution < -0.4 is 0 Å². The number of alkyl halides is 11. The van der Waals surface area contributed by atoms with E-state index in [1.54, 1.807) is 0 Å². The molecule has 18 heteroatoms. The van der Waals surface area contributed by atoms with Crippen LogP contribution in [0.25, 0.3) is 0 Å². The van der Waals surface area contributed by atoms with Crippen LogP contribution in [-0.4, -0.2) is 73.8 Å². The minimum Gasteiger partial charge on any atom is -0.461 e. The maximum absolute atomic E-state index is 13.6. The number of rotatable bonds is 15. The van der Waals surface area contributed by atoms with Gasteiger partial charge in [0, 0.05) is 19.7 Å². The Morgan fingerprint density at radius 1 is 0.865 bits per heavy atom. The molecule has 0 aromatic heterocycles. The van der Waals surface area contributed by atoms with Crippen LogP contribution in [0.2, 0.25) is 0 Å². The van der Waals surface area contributed by atoms with Crippen LogP contribution in [0.4, 0.5) is 48.3 Å². The fourth-order valence-electron chi connectivity index (χ4n) is 2.26. The first kappa shape index (κ1) is 37.9. The number of hydrogen-bond donors (Lipinski definition) is 1. The van der Waals surface area contributed by atoms with Crippen molar-refractivity contribution in [2.45, 2.75) is 74.6 Å². The lowest BCUT2D eigenvalue weighted by Crippen LogP contribution is -2.69. The molecule has 0 aromatic rings. The van der Waals surface area contributed by atoms with Gasteiger partial charge in [-0.15, -0.1) is 0 Å². The van der Waals surface area contributed by atoms with Crippen LogP contribution >= 0.6 is 12.6 Å². The zero-order valence-corrected chi connectivity index (χ0v) is 21.5. The Bertz CT molecular complexity index is 813. The summed E-state index contributed by atoms with van der Waals surface area (Å²) >= 11 is 4.15. The topological polar surface area (TPSA) is 63.7 Å². The number of carbonyl (C=O) groups excluding carboxylic acids is 1. The molecule has 0 rings (SSSR count). The number of halogens is 11. The Kier molecular flexibility index (Phi) is 15.1. The first-order chi connectivity index (χ1) is 16.5. The third-order valence-corrected chi connectivity index (χ3v) is 6.80. The minimum absolute atomic E-state index is 0.0705. The molecular formula is C19H28F11NO4S2. The van der Waals surface area contributed by atoms with Crippen LogP contribution in [0.3, 0.4) is 0 Å². The van der Waals surface area contributed by atoms with Crippen LogP contribution in [0.1, 0.15) is 45.4 Å². The molecule has 0 aliphatic heterocycles. The summed E-state index contributed by atoms with van der Waals surface area (Å²) in [5.41, 5.74) is 0. The molecule has 0 N–H and O–H groups in total. The number of esters is 1. The maximum Gasteiger partial charge on any atom is 0.460 e. The van der Waals surface area contributed by atoms with E-state index in [4.69, 9.17) is 0 Å². The smallest absolute Gasteiger partial charge is 0.460 e. The van der Waals surface area contributed by atoms with Crippen molar-refractivity contribution < 1.29 is 66.2 Å². The Morgan fingerprint density at radius 2 is 1.32 bits per heavy atom. The van der Waals surface area contributed by atoms with Gasteiger partial charge in [0.2, 0.25) is 0 Å². The van der Waals surface area contributed by atoms with Crippen molar-refractivity contribution in [1.29, 1.82) is 0 Å². The second-order valence-corrected chi connectivity index (χ2v) is 9.96. The molecule has 0 radical (unpaired) electrons. The lowest BCUT2D eigenvalue weighted by atomic mass is 10.0. The minimum atomic E-state index is -7.86. The summed E-state index contributed by atoms with van der Waals surface area (Å²) in [5, 5.41) is -7.12. The van der Waals surface area contributed by atoms with E-state index in [0.29, 0.717) is 6.08 Å². The van der Waals surface area contributed by atoms with Crippen LogP contribution in [0.15, 0.2) is 12.7 Å². The van der Waals surface area contributed by atoms with Gasteiger partial charge in [-0.1, -0.05) is 45.6 Å². The summed E-state index contributed by atoms with van der Waals surface area (Å²) in [4.78, 5) is 10.7. The SMILES string of the molecule is C=CC(=O)OCCN(C)S(=O)(=O)C(F)(F)C(F)(F)C(F)(F)C(F)(F)C(F)(F)F.CCCCCCCCS. The Hall–Kier alpha value is -1.30. The van der Waals surface area contributed by atoms with Gasteiger partial charge in [-0.05, 0) is 12.2 Å². The highest BCUT2D eigenvalue weighted by Crippen LogP contribution is 2.58. The van der Waals surface area contributed by atoms with Gasteiger partial charge in [-0.2, -0.15) is 65.2 Å². The van der Waals surface area contributed by atoms with E-state index < -0.39 is 62.6 Å². The average Bonchev–Trinajstić information content (AvgIpc) is 2.77. The first-order valence-electron chi connectivity index (χ1n) is 10.5. The standard InChI is InChI=1S/C11H10F11NO4S.C8H18S/c1-3-6(24)27-5-4-23(2)28(25,26)11(21,22)9(16,17)7(12,13)8(14,15)10(18,19)20;1-2-3-4-5-6-7-8-9/h3H,1,4-5H2,2H3;9H,2-8H2,1H3. The van der Waals surface area contributed by atoms with E-state index in [9.17, 15) is 61.5 Å². The molecule has 0 fully saturated rings. The van der Waals surface area contributed by atoms with E-state index in [1.807, 2.05) is 0 Å². The van der Waals surface area contributed by atoms with Gasteiger partial charge in [0.15, 0.2) is 0 Å². The molecule has 0 unspecified atom stereocenters. The predicted molar refractivity (Wildman–Crippen MR) is 116 cm³/mol. The number of thiol groups is 1. The summed E-state index contributed by atoms with van der Waals surface area (Å²) in [6.45, 7) is 2.66. The molecule has 222 valence electrons. The molecule has 0 aliphatic carbocycles. The zero-order valence-electron chi connectivity index (χ0n) is 19.7. The van der Waals surface area contributed by atoms with Crippen molar-refractivity contribution in [2.24, 2.45) is 0 Å². The predicted octanol–water partition coefficient (Wildman–Crippen LogP) is 6.31. The molecule has 0 saturated carbocycles. The van der Waals surface area contributed by atoms with Crippen molar-refractivity contribution in [1.82, 2.24) is 4.31 Å². The molecule has 0 aromatic carbocycles. The molecule has 0 spiro atoms. The fourth-order valence-corrected chi connectivity index (χ4v) is 3.64. The van der Waals surface area contributed by atoms with Crippen LogP contribution in [-0.2, 0) is 19.6 Å². The Labute approximate surface area is 212 Å². The summed E-state index contributed by atoms with van der Waals surface area (Å²) in [6.07, 6.45) is 1.37. The van der Waals surface area contributed by atoms with E-state index in [-0.39, 0.29) is 7.05 Å². The van der Waals surface area contributed by atoms with Crippen molar-refractivity contribution >= 4 is 28.6 Å². The summed E-state index contributed by atoms with van der Waals surface area (Å²) in [7, 11) is -6.87. The number of sulfonamides is 1. The first-order valence-corrected chi connectivity index (χ1v) is 12.6. The molecule has 0 bridgehead atoms. The van der Waals surface area contributed by atoms with Gasteiger partial charge in [0.05, 0.1) is 0 Å². The van der Waals surface area contributed by atoms with Crippen LogP contribution in [0.5, 0.6) is 0 Å². The molecule has 37 heavy (non-hydrogen) atoms. The number of hydrogen-bond acceptors (Lipinski definition) is 5. The highest BCUT2D eigenvalue weighted by Gasteiger charge is 2.89. The van der Waals surface area contributed by atoms with Crippen molar-refractivity contribution in [3.63, 3.8) is 0 Å². The van der Waals surface area contributed by atoms with Gasteiger partial charge in [-0.25, -0.2) is 13.2 Å². The number of likely N-dealkylation sites (N-methyl/N-ethyl adjacent to an activating group) is 1. The van der Waals surface area contributed by atoms with Crippen LogP contribution in [0, 0.1) is 0 Å². The maximum atomic E-state index is 13.6. The number of nitrogens with zero attached hydrogens (tertiary/aromatic N) is 1. The summed E-state index contributed by atoms with van der Waals surface area (Å²) in [6, 6.07) is 0. The normalized spacial score (nSPS) is 13.7. The van der Waals surface area contributed by atoms with E-state index in [0.717, 1.165) is 5.75 Å². The van der Waals surface area contributed by atoms with Crippen molar-refractivity contribution in [3.8, 4) is 0 Å². The molecule has 0 aliphatic rings. The van der Waals surface area contributed by atoms with Gasteiger partial charge < -0.3 is 4.74 Å². The molecule has 0 amide bonds. The highest BCUT2D eigenvalue weighted by atomic mass is 32.2. The van der Waals surface area contributed by atoms with Gasteiger partial charge in [0.1, 0.15) is 6.61 Å². The molecule has 0 saturated heterocycles. The lowest BCUT2D eigenvalue weighted by molar-refractivity contribution is -0.413. The van der Waals surface area contributed by atoms with Crippen molar-refractivity contribution in [2.75, 3.05) is 26.0 Å².